The van der Waals surface area contributed by atoms with E-state index in [-0.39, 0.29) is 0 Å². The fourth-order valence-corrected chi connectivity index (χ4v) is 3.43. The number of hydrogen-bond acceptors (Lipinski definition) is 5. The van der Waals surface area contributed by atoms with Crippen LogP contribution < -0.4 is 4.90 Å². The van der Waals surface area contributed by atoms with Gasteiger partial charge in [0.25, 0.3) is 0 Å². The van der Waals surface area contributed by atoms with Gasteiger partial charge in [0.2, 0.25) is 0 Å². The zero-order valence-corrected chi connectivity index (χ0v) is 11.6. The van der Waals surface area contributed by atoms with Crippen LogP contribution in [0.1, 0.15) is 0 Å². The third-order valence-electron chi connectivity index (χ3n) is 4.40. The molecular weight excluding hydrogens is 252 g/mol. The molecule has 0 aliphatic carbocycles. The Balaban J connectivity index is 1.50. The smallest absolute Gasteiger partial charge is 0.160 e. The minimum absolute atomic E-state index is 0.787. The maximum Gasteiger partial charge on any atom is 0.160 e. The number of aromatic nitrogens is 4. The molecule has 2 aromatic heterocycles. The van der Waals surface area contributed by atoms with Crippen molar-refractivity contribution < 1.29 is 0 Å². The average Bonchev–Trinajstić information content (AvgIpc) is 3.13. The molecule has 2 aliphatic heterocycles. The monoisotopic (exact) mass is 270 g/mol. The van der Waals surface area contributed by atoms with Crippen molar-refractivity contribution in [1.82, 2.24) is 24.6 Å². The van der Waals surface area contributed by atoms with Gasteiger partial charge in [-0.1, -0.05) is 0 Å². The molecule has 6 nitrogen and oxygen atoms in total. The lowest BCUT2D eigenvalue weighted by Gasteiger charge is -2.19. The second-order valence-corrected chi connectivity index (χ2v) is 5.87. The molecule has 0 saturated carbocycles. The number of anilines is 1. The van der Waals surface area contributed by atoms with Crippen LogP contribution in [0.5, 0.6) is 0 Å². The van der Waals surface area contributed by atoms with Crippen molar-refractivity contribution in [3.63, 3.8) is 0 Å². The highest BCUT2D eigenvalue weighted by Gasteiger charge is 2.39. The van der Waals surface area contributed by atoms with Crippen LogP contribution in [-0.2, 0) is 0 Å². The quantitative estimate of drug-likeness (QED) is 0.802. The third-order valence-corrected chi connectivity index (χ3v) is 4.40. The van der Waals surface area contributed by atoms with E-state index in [1.54, 1.807) is 12.5 Å². The van der Waals surface area contributed by atoms with Crippen LogP contribution in [0, 0.1) is 11.8 Å². The molecule has 2 aromatic rings. The first-order valence-electron chi connectivity index (χ1n) is 7.05. The van der Waals surface area contributed by atoms with Crippen LogP contribution in [0.2, 0.25) is 0 Å². The van der Waals surface area contributed by atoms with Gasteiger partial charge < -0.3 is 9.80 Å². The number of hydrogen-bond donors (Lipinski definition) is 0. The standard InChI is InChI=1S/C14H18N6/c1-18-6-11-8-20(9-12(11)7-18)14-3-2-13(16-17-14)19-5-4-15-10-19/h2-5,10-12H,6-9H2,1H3. The van der Waals surface area contributed by atoms with Crippen molar-refractivity contribution in [3.8, 4) is 5.82 Å². The average molecular weight is 270 g/mol. The molecular formula is C14H18N6. The van der Waals surface area contributed by atoms with E-state index in [1.165, 1.54) is 13.1 Å². The largest absolute Gasteiger partial charge is 0.354 e. The summed E-state index contributed by atoms with van der Waals surface area (Å²) >= 11 is 0. The Kier molecular flexibility index (Phi) is 2.70. The predicted molar refractivity (Wildman–Crippen MR) is 75.8 cm³/mol. The first kappa shape index (κ1) is 11.8. The van der Waals surface area contributed by atoms with E-state index in [0.29, 0.717) is 0 Å². The van der Waals surface area contributed by atoms with Gasteiger partial charge in [-0.05, 0) is 31.0 Å². The van der Waals surface area contributed by atoms with Crippen LogP contribution in [-0.4, -0.2) is 57.9 Å². The zero-order valence-electron chi connectivity index (χ0n) is 11.6. The lowest BCUT2D eigenvalue weighted by molar-refractivity contribution is 0.386. The summed E-state index contributed by atoms with van der Waals surface area (Å²) < 4.78 is 1.87. The zero-order chi connectivity index (χ0) is 13.5. The van der Waals surface area contributed by atoms with Gasteiger partial charge >= 0.3 is 0 Å². The molecule has 2 atom stereocenters. The maximum atomic E-state index is 4.38. The van der Waals surface area contributed by atoms with Crippen molar-refractivity contribution in [3.05, 3.63) is 30.9 Å². The Morgan fingerprint density at radius 1 is 1.00 bits per heavy atom. The molecule has 0 radical (unpaired) electrons. The minimum Gasteiger partial charge on any atom is -0.354 e. The molecule has 6 heteroatoms. The van der Waals surface area contributed by atoms with Gasteiger partial charge in [-0.3, -0.25) is 4.57 Å². The molecule has 2 saturated heterocycles. The fraction of sp³-hybridized carbons (Fsp3) is 0.500. The number of imidazole rings is 1. The van der Waals surface area contributed by atoms with Crippen LogP contribution in [0.3, 0.4) is 0 Å². The summed E-state index contributed by atoms with van der Waals surface area (Å²) in [7, 11) is 2.21. The SMILES string of the molecule is CN1CC2CN(c3ccc(-n4ccnc4)nn3)CC2C1. The van der Waals surface area contributed by atoms with Crippen molar-refractivity contribution in [2.75, 3.05) is 38.1 Å². The topological polar surface area (TPSA) is 50.1 Å². The van der Waals surface area contributed by atoms with E-state index in [9.17, 15) is 0 Å². The van der Waals surface area contributed by atoms with Gasteiger partial charge in [0.1, 0.15) is 6.33 Å². The summed E-state index contributed by atoms with van der Waals surface area (Å²) in [5.41, 5.74) is 0. The van der Waals surface area contributed by atoms with E-state index in [2.05, 4.69) is 38.1 Å². The summed E-state index contributed by atoms with van der Waals surface area (Å²) in [6.07, 6.45) is 5.35. The van der Waals surface area contributed by atoms with Crippen molar-refractivity contribution >= 4 is 5.82 Å². The molecule has 4 rings (SSSR count). The van der Waals surface area contributed by atoms with Gasteiger partial charge in [0, 0.05) is 38.6 Å². The Bertz CT molecular complexity index is 564. The van der Waals surface area contributed by atoms with Crippen molar-refractivity contribution in [1.29, 1.82) is 0 Å². The second kappa shape index (κ2) is 4.56. The highest BCUT2D eigenvalue weighted by atomic mass is 15.3. The molecule has 0 amide bonds. The number of rotatable bonds is 2. The molecule has 2 aliphatic rings. The molecule has 104 valence electrons. The summed E-state index contributed by atoms with van der Waals surface area (Å²) in [5.74, 6) is 3.38. The lowest BCUT2D eigenvalue weighted by Crippen LogP contribution is -2.27. The molecule has 0 spiro atoms. The van der Waals surface area contributed by atoms with Gasteiger partial charge in [-0.25, -0.2) is 4.98 Å². The minimum atomic E-state index is 0.787. The Morgan fingerprint density at radius 2 is 1.70 bits per heavy atom. The molecule has 0 N–H and O–H groups in total. The Hall–Kier alpha value is -1.95. The molecule has 4 heterocycles. The molecule has 2 unspecified atom stereocenters. The first-order valence-corrected chi connectivity index (χ1v) is 7.05. The van der Waals surface area contributed by atoms with E-state index < -0.39 is 0 Å². The van der Waals surface area contributed by atoms with Crippen molar-refractivity contribution in [2.45, 2.75) is 0 Å². The van der Waals surface area contributed by atoms with Crippen LogP contribution in [0.15, 0.2) is 30.9 Å². The first-order chi connectivity index (χ1) is 9.79. The normalized spacial score (nSPS) is 26.1. The number of nitrogens with zero attached hydrogens (tertiary/aromatic N) is 6. The fourth-order valence-electron chi connectivity index (χ4n) is 3.43. The maximum absolute atomic E-state index is 4.38. The van der Waals surface area contributed by atoms with E-state index in [4.69, 9.17) is 0 Å². The summed E-state index contributed by atoms with van der Waals surface area (Å²) in [5, 5.41) is 8.67. The van der Waals surface area contributed by atoms with Gasteiger partial charge in [-0.2, -0.15) is 0 Å². The Morgan fingerprint density at radius 3 is 2.30 bits per heavy atom. The van der Waals surface area contributed by atoms with E-state index in [0.717, 1.165) is 36.6 Å². The van der Waals surface area contributed by atoms with Crippen molar-refractivity contribution in [2.24, 2.45) is 11.8 Å². The van der Waals surface area contributed by atoms with Gasteiger partial charge in [0.15, 0.2) is 11.6 Å². The van der Waals surface area contributed by atoms with Gasteiger partial charge in [-0.15, -0.1) is 10.2 Å². The molecule has 20 heavy (non-hydrogen) atoms. The predicted octanol–water partition coefficient (Wildman–Crippen LogP) is 0.660. The number of likely N-dealkylation sites (tertiary alicyclic amines) is 1. The number of fused-ring (bicyclic) bond motifs is 1. The second-order valence-electron chi connectivity index (χ2n) is 5.87. The van der Waals surface area contributed by atoms with Crippen LogP contribution in [0.4, 0.5) is 5.82 Å². The lowest BCUT2D eigenvalue weighted by atomic mass is 10.0. The third kappa shape index (κ3) is 1.96. The Labute approximate surface area is 118 Å². The molecule has 2 fully saturated rings. The highest BCUT2D eigenvalue weighted by Crippen LogP contribution is 2.32. The summed E-state index contributed by atoms with van der Waals surface area (Å²) in [6.45, 7) is 4.63. The molecule has 0 bridgehead atoms. The van der Waals surface area contributed by atoms with Crippen LogP contribution in [0.25, 0.3) is 5.82 Å². The molecule has 0 aromatic carbocycles. The van der Waals surface area contributed by atoms with E-state index >= 15 is 0 Å². The highest BCUT2D eigenvalue weighted by molar-refractivity contribution is 5.41. The van der Waals surface area contributed by atoms with Crippen LogP contribution >= 0.6 is 0 Å². The summed E-state index contributed by atoms with van der Waals surface area (Å²) in [6, 6.07) is 4.07. The van der Waals surface area contributed by atoms with E-state index in [1.807, 2.05) is 16.8 Å². The summed E-state index contributed by atoms with van der Waals surface area (Å²) in [4.78, 5) is 8.82. The van der Waals surface area contributed by atoms with Gasteiger partial charge in [0.05, 0.1) is 0 Å².